The minimum atomic E-state index is -0.293. The SMILES string of the molecule is Cc1sc2nc(Cc3ccccc3)[nH]c(=O)c2c1-c1ccc(F)cc1. The highest BCUT2D eigenvalue weighted by Gasteiger charge is 2.16. The molecule has 3 nitrogen and oxygen atoms in total. The smallest absolute Gasteiger partial charge is 0.260 e. The van der Waals surface area contributed by atoms with Crippen molar-refractivity contribution >= 4 is 21.6 Å². The third kappa shape index (κ3) is 2.98. The lowest BCUT2D eigenvalue weighted by molar-refractivity contribution is 0.628. The molecule has 4 rings (SSSR count). The molecule has 1 N–H and O–H groups in total. The Morgan fingerprint density at radius 2 is 1.80 bits per heavy atom. The van der Waals surface area contributed by atoms with Crippen LogP contribution in [-0.4, -0.2) is 9.97 Å². The Kier molecular flexibility index (Phi) is 3.93. The third-order valence-electron chi connectivity index (χ3n) is 4.13. The van der Waals surface area contributed by atoms with Gasteiger partial charge in [-0.05, 0) is 30.2 Å². The van der Waals surface area contributed by atoms with E-state index in [2.05, 4.69) is 9.97 Å². The normalized spacial score (nSPS) is 11.1. The van der Waals surface area contributed by atoms with Gasteiger partial charge in [-0.25, -0.2) is 9.37 Å². The van der Waals surface area contributed by atoms with Crippen molar-refractivity contribution in [3.8, 4) is 11.1 Å². The highest BCUT2D eigenvalue weighted by atomic mass is 32.1. The van der Waals surface area contributed by atoms with Gasteiger partial charge in [0, 0.05) is 16.9 Å². The lowest BCUT2D eigenvalue weighted by Gasteiger charge is -2.03. The number of aryl methyl sites for hydroxylation is 1. The first-order valence-electron chi connectivity index (χ1n) is 7.94. The predicted octanol–water partition coefficient (Wildman–Crippen LogP) is 4.69. The maximum atomic E-state index is 13.2. The molecular weight excluding hydrogens is 335 g/mol. The molecule has 0 saturated heterocycles. The zero-order valence-electron chi connectivity index (χ0n) is 13.5. The Bertz CT molecular complexity index is 1100. The second-order valence-corrected chi connectivity index (χ2v) is 7.10. The molecule has 5 heteroatoms. The Balaban J connectivity index is 1.84. The highest BCUT2D eigenvalue weighted by Crippen LogP contribution is 2.35. The molecule has 0 unspecified atom stereocenters. The van der Waals surface area contributed by atoms with Gasteiger partial charge in [0.05, 0.1) is 5.39 Å². The Morgan fingerprint density at radius 3 is 2.52 bits per heavy atom. The number of hydrogen-bond donors (Lipinski definition) is 1. The van der Waals surface area contributed by atoms with E-state index in [1.54, 1.807) is 12.1 Å². The molecule has 0 radical (unpaired) electrons. The van der Waals surface area contributed by atoms with Gasteiger partial charge >= 0.3 is 0 Å². The molecule has 0 bridgehead atoms. The fraction of sp³-hybridized carbons (Fsp3) is 0.100. The monoisotopic (exact) mass is 350 g/mol. The fourth-order valence-electron chi connectivity index (χ4n) is 3.00. The van der Waals surface area contributed by atoms with Crippen LogP contribution in [-0.2, 0) is 6.42 Å². The Hall–Kier alpha value is -2.79. The molecule has 25 heavy (non-hydrogen) atoms. The lowest BCUT2D eigenvalue weighted by atomic mass is 10.0. The molecule has 2 aromatic heterocycles. The lowest BCUT2D eigenvalue weighted by Crippen LogP contribution is -2.11. The summed E-state index contributed by atoms with van der Waals surface area (Å²) in [5, 5.41) is 0.575. The first kappa shape index (κ1) is 15.7. The molecule has 2 aromatic carbocycles. The summed E-state index contributed by atoms with van der Waals surface area (Å²) in [5.74, 6) is 0.355. The third-order valence-corrected chi connectivity index (χ3v) is 5.13. The summed E-state index contributed by atoms with van der Waals surface area (Å²) in [6.45, 7) is 1.96. The molecule has 0 saturated carbocycles. The zero-order valence-corrected chi connectivity index (χ0v) is 14.4. The first-order valence-corrected chi connectivity index (χ1v) is 8.75. The molecule has 0 amide bonds. The zero-order chi connectivity index (χ0) is 17.4. The maximum Gasteiger partial charge on any atom is 0.260 e. The van der Waals surface area contributed by atoms with Gasteiger partial charge in [-0.1, -0.05) is 42.5 Å². The molecule has 2 heterocycles. The van der Waals surface area contributed by atoms with E-state index in [9.17, 15) is 9.18 Å². The van der Waals surface area contributed by atoms with Crippen LogP contribution in [0.1, 0.15) is 16.3 Å². The largest absolute Gasteiger partial charge is 0.310 e. The van der Waals surface area contributed by atoms with Gasteiger partial charge in [0.25, 0.3) is 5.56 Å². The molecule has 0 aliphatic heterocycles. The van der Waals surface area contributed by atoms with E-state index in [-0.39, 0.29) is 11.4 Å². The molecule has 4 aromatic rings. The summed E-state index contributed by atoms with van der Waals surface area (Å²) in [6.07, 6.45) is 0.578. The predicted molar refractivity (Wildman–Crippen MR) is 99.6 cm³/mol. The van der Waals surface area contributed by atoms with Gasteiger partial charge in [-0.3, -0.25) is 4.79 Å². The number of hydrogen-bond acceptors (Lipinski definition) is 3. The summed E-state index contributed by atoms with van der Waals surface area (Å²) in [4.78, 5) is 22.0. The number of aromatic nitrogens is 2. The van der Waals surface area contributed by atoms with E-state index in [1.807, 2.05) is 37.3 Å². The van der Waals surface area contributed by atoms with Crippen LogP contribution in [0.3, 0.4) is 0 Å². The maximum absolute atomic E-state index is 13.2. The van der Waals surface area contributed by atoms with E-state index in [1.165, 1.54) is 23.5 Å². The fourth-order valence-corrected chi connectivity index (χ4v) is 4.07. The van der Waals surface area contributed by atoms with Crippen molar-refractivity contribution in [3.63, 3.8) is 0 Å². The van der Waals surface area contributed by atoms with Crippen molar-refractivity contribution in [3.05, 3.63) is 87.0 Å². The number of halogens is 1. The van der Waals surface area contributed by atoms with Crippen LogP contribution in [0.5, 0.6) is 0 Å². The minimum absolute atomic E-state index is 0.153. The summed E-state index contributed by atoms with van der Waals surface area (Å²) in [7, 11) is 0. The van der Waals surface area contributed by atoms with Crippen LogP contribution in [0.4, 0.5) is 4.39 Å². The van der Waals surface area contributed by atoms with E-state index in [0.717, 1.165) is 21.6 Å². The number of nitrogens with one attached hydrogen (secondary N) is 1. The summed E-state index contributed by atoms with van der Waals surface area (Å²) in [6, 6.07) is 16.1. The second kappa shape index (κ2) is 6.26. The van der Waals surface area contributed by atoms with Gasteiger partial charge < -0.3 is 4.98 Å². The van der Waals surface area contributed by atoms with Crippen molar-refractivity contribution in [1.29, 1.82) is 0 Å². The van der Waals surface area contributed by atoms with Crippen molar-refractivity contribution in [2.24, 2.45) is 0 Å². The van der Waals surface area contributed by atoms with E-state index < -0.39 is 0 Å². The van der Waals surface area contributed by atoms with Crippen molar-refractivity contribution in [1.82, 2.24) is 9.97 Å². The van der Waals surface area contributed by atoms with Crippen molar-refractivity contribution in [2.45, 2.75) is 13.3 Å². The number of rotatable bonds is 3. The van der Waals surface area contributed by atoms with Crippen LogP contribution in [0.2, 0.25) is 0 Å². The van der Waals surface area contributed by atoms with E-state index >= 15 is 0 Å². The van der Waals surface area contributed by atoms with E-state index in [4.69, 9.17) is 0 Å². The molecule has 0 aliphatic carbocycles. The standard InChI is InChI=1S/C20H15FN2OS/c1-12-17(14-7-9-15(21)10-8-14)18-19(24)22-16(23-20(18)25-12)11-13-5-3-2-4-6-13/h2-10H,11H2,1H3,(H,22,23,24). The van der Waals surface area contributed by atoms with Gasteiger partial charge in [0.15, 0.2) is 0 Å². The number of benzene rings is 2. The molecule has 0 atom stereocenters. The topological polar surface area (TPSA) is 45.8 Å². The van der Waals surface area contributed by atoms with Gasteiger partial charge in [0.2, 0.25) is 0 Å². The highest BCUT2D eigenvalue weighted by molar-refractivity contribution is 7.19. The number of thiophene rings is 1. The average Bonchev–Trinajstić information content (AvgIpc) is 2.93. The second-order valence-electron chi connectivity index (χ2n) is 5.90. The summed E-state index contributed by atoms with van der Waals surface area (Å²) >= 11 is 1.49. The molecule has 0 spiro atoms. The Morgan fingerprint density at radius 1 is 1.08 bits per heavy atom. The summed E-state index contributed by atoms with van der Waals surface area (Å²) in [5.41, 5.74) is 2.60. The molecule has 0 fully saturated rings. The van der Waals surface area contributed by atoms with Gasteiger partial charge in [-0.15, -0.1) is 11.3 Å². The Labute approximate surface area is 147 Å². The summed E-state index contributed by atoms with van der Waals surface area (Å²) < 4.78 is 13.2. The number of nitrogens with zero attached hydrogens (tertiary/aromatic N) is 1. The minimum Gasteiger partial charge on any atom is -0.310 e. The molecule has 0 aliphatic rings. The van der Waals surface area contributed by atoms with Crippen LogP contribution >= 0.6 is 11.3 Å². The average molecular weight is 350 g/mol. The van der Waals surface area contributed by atoms with Crippen LogP contribution in [0, 0.1) is 12.7 Å². The molecular formula is C20H15FN2OS. The van der Waals surface area contributed by atoms with Gasteiger partial charge in [0.1, 0.15) is 16.5 Å². The quantitative estimate of drug-likeness (QED) is 0.583. The first-order chi connectivity index (χ1) is 12.1. The van der Waals surface area contributed by atoms with Crippen molar-refractivity contribution < 1.29 is 4.39 Å². The van der Waals surface area contributed by atoms with Gasteiger partial charge in [-0.2, -0.15) is 0 Å². The number of fused-ring (bicyclic) bond motifs is 1. The number of aromatic amines is 1. The number of H-pyrrole nitrogens is 1. The van der Waals surface area contributed by atoms with Crippen LogP contribution in [0.25, 0.3) is 21.3 Å². The van der Waals surface area contributed by atoms with Crippen LogP contribution < -0.4 is 5.56 Å². The molecule has 124 valence electrons. The van der Waals surface area contributed by atoms with Crippen molar-refractivity contribution in [2.75, 3.05) is 0 Å². The van der Waals surface area contributed by atoms with Crippen LogP contribution in [0.15, 0.2) is 59.4 Å². The van der Waals surface area contributed by atoms with E-state index in [0.29, 0.717) is 22.5 Å².